The minimum Gasteiger partial charge on any atom is -0.380 e. The van der Waals surface area contributed by atoms with Gasteiger partial charge >= 0.3 is 0 Å². The Balaban J connectivity index is 1.65. The summed E-state index contributed by atoms with van der Waals surface area (Å²) in [6.45, 7) is 1.35. The Morgan fingerprint density at radius 1 is 1.10 bits per heavy atom. The van der Waals surface area contributed by atoms with Crippen LogP contribution in [0.1, 0.15) is 25.7 Å². The number of halogens is 3. The van der Waals surface area contributed by atoms with E-state index in [0.29, 0.717) is 28.9 Å². The first-order valence-electron chi connectivity index (χ1n) is 6.77. The maximum absolute atomic E-state index is 13.2. The monoisotopic (exact) mass is 319 g/mol. The molecule has 1 aromatic rings. The Hall–Kier alpha value is -0.550. The van der Waals surface area contributed by atoms with Crippen molar-refractivity contribution < 1.29 is 13.9 Å². The van der Waals surface area contributed by atoms with Crippen LogP contribution in [0.4, 0.5) is 10.1 Å². The van der Waals surface area contributed by atoms with Crippen molar-refractivity contribution in [2.24, 2.45) is 0 Å². The number of hydrogen-bond acceptors (Lipinski definition) is 3. The maximum atomic E-state index is 13.2. The Labute approximate surface area is 127 Å². The Bertz CT molecular complexity index is 473. The maximum Gasteiger partial charge on any atom is 0.168 e. The van der Waals surface area contributed by atoms with Crippen molar-refractivity contribution in [3.8, 4) is 0 Å². The standard InChI is InChI=1S/C14H16Cl2FNO2/c15-11-7-9(17)8-12(16)13(11)18-10-1-3-14(4-2-10)19-5-6-20-14/h7-8,10,18H,1-6H2. The van der Waals surface area contributed by atoms with Crippen LogP contribution in [0, 0.1) is 5.82 Å². The van der Waals surface area contributed by atoms with E-state index >= 15 is 0 Å². The van der Waals surface area contributed by atoms with Crippen LogP contribution < -0.4 is 5.32 Å². The van der Waals surface area contributed by atoms with Crippen LogP contribution in [0.15, 0.2) is 12.1 Å². The number of benzene rings is 1. The second kappa shape index (κ2) is 5.68. The molecular formula is C14H16Cl2FNO2. The lowest BCUT2D eigenvalue weighted by atomic mass is 9.90. The van der Waals surface area contributed by atoms with Gasteiger partial charge in [0.1, 0.15) is 5.82 Å². The summed E-state index contributed by atoms with van der Waals surface area (Å²) < 4.78 is 24.5. The lowest BCUT2D eigenvalue weighted by Crippen LogP contribution is -2.39. The van der Waals surface area contributed by atoms with Gasteiger partial charge < -0.3 is 14.8 Å². The molecule has 110 valence electrons. The summed E-state index contributed by atoms with van der Waals surface area (Å²) in [6.07, 6.45) is 3.51. The summed E-state index contributed by atoms with van der Waals surface area (Å²) in [6, 6.07) is 2.78. The number of ether oxygens (including phenoxy) is 2. The van der Waals surface area contributed by atoms with E-state index in [1.54, 1.807) is 0 Å². The van der Waals surface area contributed by atoms with Crippen molar-refractivity contribution in [3.05, 3.63) is 28.0 Å². The van der Waals surface area contributed by atoms with Crippen LogP contribution in [0.25, 0.3) is 0 Å². The van der Waals surface area contributed by atoms with Crippen LogP contribution in [0.5, 0.6) is 0 Å². The molecule has 2 fully saturated rings. The number of hydrogen-bond donors (Lipinski definition) is 1. The topological polar surface area (TPSA) is 30.5 Å². The molecule has 0 radical (unpaired) electrons. The van der Waals surface area contributed by atoms with Crippen molar-refractivity contribution >= 4 is 28.9 Å². The van der Waals surface area contributed by atoms with Crippen molar-refractivity contribution in [2.45, 2.75) is 37.5 Å². The van der Waals surface area contributed by atoms with Gasteiger partial charge in [0, 0.05) is 18.9 Å². The van der Waals surface area contributed by atoms with Crippen LogP contribution >= 0.6 is 23.2 Å². The molecule has 1 aromatic carbocycles. The third-order valence-corrected chi connectivity index (χ3v) is 4.51. The highest BCUT2D eigenvalue weighted by atomic mass is 35.5. The molecule has 0 amide bonds. The van der Waals surface area contributed by atoms with Gasteiger partial charge in [0.05, 0.1) is 28.9 Å². The minimum absolute atomic E-state index is 0.244. The highest BCUT2D eigenvalue weighted by Gasteiger charge is 2.40. The van der Waals surface area contributed by atoms with Crippen LogP contribution in [-0.2, 0) is 9.47 Å². The molecule has 0 bridgehead atoms. The van der Waals surface area contributed by atoms with Crippen LogP contribution in [-0.4, -0.2) is 25.0 Å². The lowest BCUT2D eigenvalue weighted by molar-refractivity contribution is -0.177. The smallest absolute Gasteiger partial charge is 0.168 e. The molecule has 2 aliphatic rings. The Kier molecular flexibility index (Phi) is 4.09. The van der Waals surface area contributed by atoms with Crippen molar-refractivity contribution in [1.82, 2.24) is 0 Å². The van der Waals surface area contributed by atoms with E-state index in [0.717, 1.165) is 25.7 Å². The van der Waals surface area contributed by atoms with Gasteiger partial charge in [0.15, 0.2) is 5.79 Å². The van der Waals surface area contributed by atoms with Crippen LogP contribution in [0.2, 0.25) is 10.0 Å². The van der Waals surface area contributed by atoms with E-state index in [4.69, 9.17) is 32.7 Å². The lowest BCUT2D eigenvalue weighted by Gasteiger charge is -2.36. The predicted octanol–water partition coefficient (Wildman–Crippen LogP) is 4.23. The molecule has 0 unspecified atom stereocenters. The molecule has 0 atom stereocenters. The van der Waals surface area contributed by atoms with Gasteiger partial charge in [0.25, 0.3) is 0 Å². The van der Waals surface area contributed by atoms with E-state index < -0.39 is 5.82 Å². The van der Waals surface area contributed by atoms with E-state index in [1.807, 2.05) is 0 Å². The summed E-state index contributed by atoms with van der Waals surface area (Å²) in [5.41, 5.74) is 0.601. The summed E-state index contributed by atoms with van der Waals surface area (Å²) in [4.78, 5) is 0. The van der Waals surface area contributed by atoms with E-state index in [2.05, 4.69) is 5.32 Å². The molecule has 3 rings (SSSR count). The average Bonchev–Trinajstić information content (AvgIpc) is 2.85. The predicted molar refractivity (Wildman–Crippen MR) is 76.9 cm³/mol. The van der Waals surface area contributed by atoms with Gasteiger partial charge in [-0.15, -0.1) is 0 Å². The largest absolute Gasteiger partial charge is 0.380 e. The first-order valence-corrected chi connectivity index (χ1v) is 7.53. The van der Waals surface area contributed by atoms with Crippen molar-refractivity contribution in [3.63, 3.8) is 0 Å². The molecule has 20 heavy (non-hydrogen) atoms. The Morgan fingerprint density at radius 3 is 2.20 bits per heavy atom. The number of anilines is 1. The molecule has 6 heteroatoms. The third-order valence-electron chi connectivity index (χ3n) is 3.92. The highest BCUT2D eigenvalue weighted by molar-refractivity contribution is 6.39. The zero-order valence-corrected chi connectivity index (χ0v) is 12.4. The first-order chi connectivity index (χ1) is 9.58. The van der Waals surface area contributed by atoms with Gasteiger partial charge in [-0.1, -0.05) is 23.2 Å². The zero-order chi connectivity index (χ0) is 14.2. The molecule has 1 N–H and O–H groups in total. The van der Waals surface area contributed by atoms with E-state index in [9.17, 15) is 4.39 Å². The average molecular weight is 320 g/mol. The summed E-state index contributed by atoms with van der Waals surface area (Å²) in [5.74, 6) is -0.810. The second-order valence-corrected chi connectivity index (χ2v) is 6.09. The van der Waals surface area contributed by atoms with E-state index in [1.165, 1.54) is 12.1 Å². The van der Waals surface area contributed by atoms with Gasteiger partial charge in [-0.2, -0.15) is 0 Å². The second-order valence-electron chi connectivity index (χ2n) is 5.27. The SMILES string of the molecule is Fc1cc(Cl)c(NC2CCC3(CC2)OCCO3)c(Cl)c1. The van der Waals surface area contributed by atoms with Gasteiger partial charge in [0.2, 0.25) is 0 Å². The van der Waals surface area contributed by atoms with Gasteiger partial charge in [-0.05, 0) is 25.0 Å². The van der Waals surface area contributed by atoms with Crippen molar-refractivity contribution in [1.29, 1.82) is 0 Å². The van der Waals surface area contributed by atoms with E-state index in [-0.39, 0.29) is 11.8 Å². The Morgan fingerprint density at radius 2 is 1.65 bits per heavy atom. The van der Waals surface area contributed by atoms with Gasteiger partial charge in [-0.3, -0.25) is 0 Å². The molecule has 1 saturated carbocycles. The third kappa shape index (κ3) is 2.89. The fraction of sp³-hybridized carbons (Fsp3) is 0.571. The van der Waals surface area contributed by atoms with Crippen molar-refractivity contribution in [2.75, 3.05) is 18.5 Å². The first kappa shape index (κ1) is 14.4. The normalized spacial score (nSPS) is 22.4. The summed E-state index contributed by atoms with van der Waals surface area (Å²) in [7, 11) is 0. The number of rotatable bonds is 2. The zero-order valence-electron chi connectivity index (χ0n) is 10.9. The quantitative estimate of drug-likeness (QED) is 0.884. The van der Waals surface area contributed by atoms with Crippen LogP contribution in [0.3, 0.4) is 0 Å². The summed E-state index contributed by atoms with van der Waals surface area (Å²) in [5, 5.41) is 3.93. The molecule has 0 aromatic heterocycles. The number of nitrogens with one attached hydrogen (secondary N) is 1. The fourth-order valence-electron chi connectivity index (χ4n) is 2.87. The van der Waals surface area contributed by atoms with Gasteiger partial charge in [-0.25, -0.2) is 4.39 Å². The fourth-order valence-corrected chi connectivity index (χ4v) is 3.44. The highest BCUT2D eigenvalue weighted by Crippen LogP contribution is 2.38. The molecule has 1 spiro atoms. The summed E-state index contributed by atoms with van der Waals surface area (Å²) >= 11 is 12.1. The molecule has 3 nitrogen and oxygen atoms in total. The molecular weight excluding hydrogens is 304 g/mol. The molecule has 1 aliphatic heterocycles. The molecule has 1 aliphatic carbocycles. The minimum atomic E-state index is -0.430. The molecule has 1 heterocycles. The molecule has 1 saturated heterocycles.